The Morgan fingerprint density at radius 1 is 1.12 bits per heavy atom. The second-order valence-electron chi connectivity index (χ2n) is 7.65. The molecule has 2 aromatic carbocycles. The molecule has 0 saturated carbocycles. The number of rotatable bonds is 5. The topological polar surface area (TPSA) is 66.3 Å². The molecule has 0 atom stereocenters. The summed E-state index contributed by atoms with van der Waals surface area (Å²) in [6, 6.07) is 15.1. The second kappa shape index (κ2) is 9.96. The van der Waals surface area contributed by atoms with Crippen LogP contribution < -0.4 is 10.1 Å². The molecule has 2 aliphatic heterocycles. The number of likely N-dealkylation sites (tertiary alicyclic amines) is 1. The van der Waals surface area contributed by atoms with E-state index in [4.69, 9.17) is 26.3 Å². The molecule has 2 aromatic rings. The monoisotopic (exact) mass is 470 g/mol. The summed E-state index contributed by atoms with van der Waals surface area (Å²) in [5.74, 6) is 1.60. The summed E-state index contributed by atoms with van der Waals surface area (Å²) in [6.45, 7) is 5.77. The molecule has 2 aliphatic rings. The van der Waals surface area contributed by atoms with Crippen molar-refractivity contribution in [1.82, 2.24) is 4.90 Å². The highest BCUT2D eigenvalue weighted by Gasteiger charge is 2.40. The molecule has 1 saturated heterocycles. The molecule has 1 fully saturated rings. The van der Waals surface area contributed by atoms with Crippen LogP contribution in [-0.2, 0) is 0 Å². The number of anilines is 1. The largest absolute Gasteiger partial charge is 0.492 e. The molecule has 4 rings (SSSR count). The van der Waals surface area contributed by atoms with E-state index in [1.165, 1.54) is 0 Å². The molecular formula is C24H27ClN4O2S. The number of urea groups is 1. The summed E-state index contributed by atoms with van der Waals surface area (Å²) in [4.78, 5) is 24.8. The third kappa shape index (κ3) is 4.94. The standard InChI is InChI=1S/C24H27ClN4O2S/c1-3-31-20-8-6-5-7-19(20)26-23(30)29-15-13-24(14-16-29)27-21(22(28-24)32-4-2)17-9-11-18(25)12-10-17/h5-12H,3-4,13-16H2,1-2H3,(H,26,30). The van der Waals surface area contributed by atoms with E-state index >= 15 is 0 Å². The Kier molecular flexibility index (Phi) is 7.06. The number of carbonyl (C=O) groups is 1. The molecule has 168 valence electrons. The van der Waals surface area contributed by atoms with Gasteiger partial charge in [0.15, 0.2) is 5.66 Å². The number of hydrogen-bond donors (Lipinski definition) is 1. The smallest absolute Gasteiger partial charge is 0.321 e. The Morgan fingerprint density at radius 3 is 2.53 bits per heavy atom. The summed E-state index contributed by atoms with van der Waals surface area (Å²) in [6.07, 6.45) is 1.39. The number of piperidine rings is 1. The number of carbonyl (C=O) groups excluding carboxylic acids is 1. The molecule has 2 amide bonds. The fourth-order valence-corrected chi connectivity index (χ4v) is 4.83. The average molecular weight is 471 g/mol. The van der Waals surface area contributed by atoms with Gasteiger partial charge in [0.1, 0.15) is 10.8 Å². The molecule has 2 heterocycles. The van der Waals surface area contributed by atoms with Gasteiger partial charge in [-0.1, -0.05) is 42.8 Å². The van der Waals surface area contributed by atoms with Gasteiger partial charge in [0, 0.05) is 36.5 Å². The van der Waals surface area contributed by atoms with Crippen LogP contribution in [0.25, 0.3) is 0 Å². The van der Waals surface area contributed by atoms with E-state index in [0.29, 0.717) is 49.0 Å². The fourth-order valence-electron chi connectivity index (χ4n) is 3.89. The van der Waals surface area contributed by atoms with Crippen molar-refractivity contribution < 1.29 is 9.53 Å². The van der Waals surface area contributed by atoms with Crippen LogP contribution in [0.4, 0.5) is 10.5 Å². The molecule has 0 radical (unpaired) electrons. The van der Waals surface area contributed by atoms with Crippen molar-refractivity contribution in [3.8, 4) is 5.75 Å². The number of aliphatic imine (C=N–C) groups is 2. The van der Waals surface area contributed by atoms with Gasteiger partial charge in [-0.05, 0) is 36.9 Å². The van der Waals surface area contributed by atoms with Gasteiger partial charge in [0.25, 0.3) is 0 Å². The number of nitrogens with one attached hydrogen (secondary N) is 1. The molecule has 0 unspecified atom stereocenters. The van der Waals surface area contributed by atoms with Gasteiger partial charge in [0.2, 0.25) is 0 Å². The van der Waals surface area contributed by atoms with E-state index in [9.17, 15) is 4.79 Å². The lowest BCUT2D eigenvalue weighted by molar-refractivity contribution is 0.175. The van der Waals surface area contributed by atoms with Crippen molar-refractivity contribution in [3.63, 3.8) is 0 Å². The van der Waals surface area contributed by atoms with E-state index in [1.54, 1.807) is 11.8 Å². The summed E-state index contributed by atoms with van der Waals surface area (Å²) < 4.78 is 5.62. The van der Waals surface area contributed by atoms with Crippen LogP contribution in [0.15, 0.2) is 58.5 Å². The Labute approximate surface area is 198 Å². The highest BCUT2D eigenvalue weighted by atomic mass is 35.5. The molecular weight excluding hydrogens is 444 g/mol. The highest BCUT2D eigenvalue weighted by Crippen LogP contribution is 2.36. The maximum Gasteiger partial charge on any atom is 0.321 e. The molecule has 0 bridgehead atoms. The average Bonchev–Trinajstić information content (AvgIpc) is 3.14. The molecule has 1 spiro atoms. The number of ether oxygens (including phenoxy) is 1. The predicted octanol–water partition coefficient (Wildman–Crippen LogP) is 5.72. The number of thioether (sulfide) groups is 1. The second-order valence-corrected chi connectivity index (χ2v) is 9.34. The van der Waals surface area contributed by atoms with Gasteiger partial charge in [-0.25, -0.2) is 9.79 Å². The summed E-state index contributed by atoms with van der Waals surface area (Å²) >= 11 is 7.77. The van der Waals surface area contributed by atoms with Crippen LogP contribution in [0.1, 0.15) is 32.3 Å². The maximum absolute atomic E-state index is 12.9. The zero-order valence-electron chi connectivity index (χ0n) is 18.3. The lowest BCUT2D eigenvalue weighted by atomic mass is 9.98. The lowest BCUT2D eigenvalue weighted by Gasteiger charge is -2.35. The minimum absolute atomic E-state index is 0.126. The number of amides is 2. The van der Waals surface area contributed by atoms with Gasteiger partial charge >= 0.3 is 6.03 Å². The minimum Gasteiger partial charge on any atom is -0.492 e. The molecule has 0 aromatic heterocycles. The van der Waals surface area contributed by atoms with Gasteiger partial charge < -0.3 is 15.0 Å². The first-order chi connectivity index (χ1) is 15.5. The lowest BCUT2D eigenvalue weighted by Crippen LogP contribution is -2.46. The van der Waals surface area contributed by atoms with Crippen LogP contribution >= 0.6 is 23.4 Å². The first-order valence-electron chi connectivity index (χ1n) is 10.9. The summed E-state index contributed by atoms with van der Waals surface area (Å²) in [7, 11) is 0. The molecule has 32 heavy (non-hydrogen) atoms. The van der Waals surface area contributed by atoms with E-state index in [1.807, 2.05) is 60.4 Å². The number of benzene rings is 2. The van der Waals surface area contributed by atoms with E-state index in [-0.39, 0.29) is 6.03 Å². The molecule has 1 N–H and O–H groups in total. The zero-order chi connectivity index (χ0) is 22.6. The van der Waals surface area contributed by atoms with Crippen molar-refractivity contribution in [1.29, 1.82) is 0 Å². The van der Waals surface area contributed by atoms with Crippen LogP contribution in [0.3, 0.4) is 0 Å². The third-order valence-electron chi connectivity index (χ3n) is 5.51. The Balaban J connectivity index is 1.46. The fraction of sp³-hybridized carbons (Fsp3) is 0.375. The number of para-hydroxylation sites is 2. The highest BCUT2D eigenvalue weighted by molar-refractivity contribution is 8.15. The molecule has 8 heteroatoms. The quantitative estimate of drug-likeness (QED) is 0.607. The van der Waals surface area contributed by atoms with E-state index in [0.717, 1.165) is 22.1 Å². The van der Waals surface area contributed by atoms with Crippen LogP contribution in [0, 0.1) is 0 Å². The molecule has 0 aliphatic carbocycles. The maximum atomic E-state index is 12.9. The minimum atomic E-state index is -0.494. The Morgan fingerprint density at radius 2 is 1.84 bits per heavy atom. The van der Waals surface area contributed by atoms with Crippen molar-refractivity contribution in [2.45, 2.75) is 32.4 Å². The van der Waals surface area contributed by atoms with Crippen LogP contribution in [-0.4, -0.2) is 52.8 Å². The van der Waals surface area contributed by atoms with Gasteiger partial charge in [0.05, 0.1) is 18.0 Å². The number of halogens is 1. The Bertz CT molecular complexity index is 1030. The Hall–Kier alpha value is -2.51. The first kappa shape index (κ1) is 22.7. The first-order valence-corrected chi connectivity index (χ1v) is 12.3. The number of hydrogen-bond acceptors (Lipinski definition) is 5. The van der Waals surface area contributed by atoms with Gasteiger partial charge in [-0.2, -0.15) is 0 Å². The molecule has 6 nitrogen and oxygen atoms in total. The van der Waals surface area contributed by atoms with Crippen LogP contribution in [0.5, 0.6) is 5.75 Å². The van der Waals surface area contributed by atoms with Gasteiger partial charge in [-0.15, -0.1) is 11.8 Å². The van der Waals surface area contributed by atoms with Crippen molar-refractivity contribution >= 4 is 45.8 Å². The van der Waals surface area contributed by atoms with Crippen LogP contribution in [0.2, 0.25) is 5.02 Å². The predicted molar refractivity (Wildman–Crippen MR) is 134 cm³/mol. The van der Waals surface area contributed by atoms with Gasteiger partial charge in [-0.3, -0.25) is 4.99 Å². The normalized spacial score (nSPS) is 17.2. The van der Waals surface area contributed by atoms with Crippen molar-refractivity contribution in [2.75, 3.05) is 30.8 Å². The zero-order valence-corrected chi connectivity index (χ0v) is 19.9. The van der Waals surface area contributed by atoms with Crippen molar-refractivity contribution in [3.05, 3.63) is 59.1 Å². The van der Waals surface area contributed by atoms with Crippen molar-refractivity contribution in [2.24, 2.45) is 9.98 Å². The third-order valence-corrected chi connectivity index (χ3v) is 6.61. The van der Waals surface area contributed by atoms with E-state index in [2.05, 4.69) is 12.2 Å². The summed E-state index contributed by atoms with van der Waals surface area (Å²) in [5, 5.41) is 4.66. The number of nitrogens with zero attached hydrogens (tertiary/aromatic N) is 3. The summed E-state index contributed by atoms with van der Waals surface area (Å²) in [5.41, 5.74) is 2.14. The van der Waals surface area contributed by atoms with E-state index < -0.39 is 5.66 Å². The SMILES string of the molecule is CCOc1ccccc1NC(=O)N1CCC2(CC1)N=C(SCC)C(c1ccc(Cl)cc1)=N2.